The fourth-order valence-corrected chi connectivity index (χ4v) is 4.72. The Balaban J connectivity index is 1.49. The van der Waals surface area contributed by atoms with Crippen LogP contribution in [0.1, 0.15) is 0 Å². The molecule has 3 aromatic heterocycles. The standard InChI is InChI=1S/C25H21N5OS/c1-2-6-19(7-3-1)30-23-22(28-24(30)25-26-11-16-32-25)10-9-21(27-23)18-5-4-8-20(17-18)29-12-14-31-15-13-29/h1-11,16-17H,12-15H2. The zero-order chi connectivity index (χ0) is 21.3. The number of aromatic nitrogens is 4. The summed E-state index contributed by atoms with van der Waals surface area (Å²) >= 11 is 1.58. The fraction of sp³-hybridized carbons (Fsp3) is 0.160. The first-order chi connectivity index (χ1) is 15.9. The molecule has 0 aliphatic carbocycles. The number of nitrogens with zero attached hydrogens (tertiary/aromatic N) is 5. The maximum atomic E-state index is 5.50. The number of morpholine rings is 1. The van der Waals surface area contributed by atoms with Gasteiger partial charge in [-0.15, -0.1) is 11.3 Å². The molecular weight excluding hydrogens is 418 g/mol. The van der Waals surface area contributed by atoms with Gasteiger partial charge in [-0.1, -0.05) is 30.3 Å². The molecular formula is C25H21N5OS. The third-order valence-electron chi connectivity index (χ3n) is 5.66. The van der Waals surface area contributed by atoms with Crippen LogP contribution in [0.3, 0.4) is 0 Å². The van der Waals surface area contributed by atoms with E-state index in [9.17, 15) is 0 Å². The lowest BCUT2D eigenvalue weighted by molar-refractivity contribution is 0.122. The summed E-state index contributed by atoms with van der Waals surface area (Å²) in [6.45, 7) is 3.36. The van der Waals surface area contributed by atoms with Crippen LogP contribution in [0.4, 0.5) is 5.69 Å². The Hall–Kier alpha value is -3.55. The molecule has 1 saturated heterocycles. The summed E-state index contributed by atoms with van der Waals surface area (Å²) in [5.41, 5.74) is 5.92. The molecule has 1 aliphatic rings. The molecule has 0 atom stereocenters. The number of thiazole rings is 1. The van der Waals surface area contributed by atoms with Crippen molar-refractivity contribution in [3.05, 3.63) is 78.3 Å². The van der Waals surface area contributed by atoms with E-state index >= 15 is 0 Å². The number of para-hydroxylation sites is 1. The number of anilines is 1. The number of rotatable bonds is 4. The SMILES string of the molecule is c1ccc(-n2c(-c3nccs3)nc3ccc(-c4cccc(N5CCOCC5)c4)nc32)cc1. The van der Waals surface area contributed by atoms with Crippen LogP contribution in [0.25, 0.3) is 38.9 Å². The summed E-state index contributed by atoms with van der Waals surface area (Å²) in [5.74, 6) is 0.813. The molecule has 158 valence electrons. The van der Waals surface area contributed by atoms with Crippen molar-refractivity contribution in [2.24, 2.45) is 0 Å². The van der Waals surface area contributed by atoms with Crippen LogP contribution in [0.2, 0.25) is 0 Å². The molecule has 0 amide bonds. The van der Waals surface area contributed by atoms with Gasteiger partial charge in [0.15, 0.2) is 16.5 Å². The van der Waals surface area contributed by atoms with Gasteiger partial charge in [0.25, 0.3) is 0 Å². The molecule has 0 spiro atoms. The monoisotopic (exact) mass is 439 g/mol. The summed E-state index contributed by atoms with van der Waals surface area (Å²) in [4.78, 5) is 16.8. The summed E-state index contributed by atoms with van der Waals surface area (Å²) in [5, 5.41) is 2.85. The Morgan fingerprint density at radius 2 is 1.69 bits per heavy atom. The van der Waals surface area contributed by atoms with E-state index in [4.69, 9.17) is 14.7 Å². The maximum Gasteiger partial charge on any atom is 0.176 e. The van der Waals surface area contributed by atoms with Crippen LogP contribution in [0.5, 0.6) is 0 Å². The number of fused-ring (bicyclic) bond motifs is 1. The van der Waals surface area contributed by atoms with Gasteiger partial charge < -0.3 is 9.64 Å². The van der Waals surface area contributed by atoms with Crippen molar-refractivity contribution < 1.29 is 4.74 Å². The second kappa shape index (κ2) is 8.18. The van der Waals surface area contributed by atoms with E-state index in [-0.39, 0.29) is 0 Å². The highest BCUT2D eigenvalue weighted by Gasteiger charge is 2.18. The van der Waals surface area contributed by atoms with Gasteiger partial charge >= 0.3 is 0 Å². The van der Waals surface area contributed by atoms with Crippen LogP contribution < -0.4 is 4.90 Å². The maximum absolute atomic E-state index is 5.50. The third-order valence-corrected chi connectivity index (χ3v) is 6.43. The zero-order valence-corrected chi connectivity index (χ0v) is 18.2. The molecule has 6 nitrogen and oxygen atoms in total. The minimum Gasteiger partial charge on any atom is -0.378 e. The van der Waals surface area contributed by atoms with E-state index in [1.807, 2.05) is 29.8 Å². The highest BCUT2D eigenvalue weighted by atomic mass is 32.1. The van der Waals surface area contributed by atoms with Crippen molar-refractivity contribution in [1.82, 2.24) is 19.5 Å². The van der Waals surface area contributed by atoms with Crippen molar-refractivity contribution in [1.29, 1.82) is 0 Å². The molecule has 5 aromatic rings. The van der Waals surface area contributed by atoms with Crippen LogP contribution in [-0.2, 0) is 4.74 Å². The van der Waals surface area contributed by atoms with Gasteiger partial charge in [-0.2, -0.15) is 0 Å². The first-order valence-electron chi connectivity index (χ1n) is 10.6. The van der Waals surface area contributed by atoms with Gasteiger partial charge in [0.2, 0.25) is 0 Å². The van der Waals surface area contributed by atoms with Crippen LogP contribution >= 0.6 is 11.3 Å². The Morgan fingerprint density at radius 1 is 0.844 bits per heavy atom. The summed E-state index contributed by atoms with van der Waals surface area (Å²) < 4.78 is 7.61. The number of pyridine rings is 1. The van der Waals surface area contributed by atoms with E-state index in [0.717, 1.165) is 65.2 Å². The molecule has 1 aliphatic heterocycles. The molecule has 1 fully saturated rings. The predicted molar refractivity (Wildman–Crippen MR) is 128 cm³/mol. The quantitative estimate of drug-likeness (QED) is 0.392. The highest BCUT2D eigenvalue weighted by Crippen LogP contribution is 2.31. The second-order valence-electron chi connectivity index (χ2n) is 7.63. The Kier molecular flexibility index (Phi) is 4.90. The lowest BCUT2D eigenvalue weighted by atomic mass is 10.1. The first kappa shape index (κ1) is 19.2. The van der Waals surface area contributed by atoms with E-state index in [1.165, 1.54) is 5.69 Å². The molecule has 4 heterocycles. The third kappa shape index (κ3) is 3.45. The van der Waals surface area contributed by atoms with Crippen molar-refractivity contribution in [3.8, 4) is 27.8 Å². The summed E-state index contributed by atoms with van der Waals surface area (Å²) in [6, 6.07) is 22.9. The molecule has 32 heavy (non-hydrogen) atoms. The summed E-state index contributed by atoms with van der Waals surface area (Å²) in [6.07, 6.45) is 1.81. The van der Waals surface area contributed by atoms with E-state index in [0.29, 0.717) is 0 Å². The molecule has 0 saturated carbocycles. The largest absolute Gasteiger partial charge is 0.378 e. The average molecular weight is 440 g/mol. The van der Waals surface area contributed by atoms with Crippen molar-refractivity contribution in [3.63, 3.8) is 0 Å². The predicted octanol–water partition coefficient (Wildman–Crippen LogP) is 5.05. The van der Waals surface area contributed by atoms with Gasteiger partial charge in [0, 0.05) is 41.6 Å². The Bertz CT molecular complexity index is 1360. The van der Waals surface area contributed by atoms with Crippen molar-refractivity contribution in [2.45, 2.75) is 0 Å². The number of ether oxygens (including phenoxy) is 1. The van der Waals surface area contributed by atoms with Crippen LogP contribution in [-0.4, -0.2) is 45.8 Å². The number of hydrogen-bond donors (Lipinski definition) is 0. The Morgan fingerprint density at radius 3 is 2.50 bits per heavy atom. The van der Waals surface area contributed by atoms with E-state index < -0.39 is 0 Å². The highest BCUT2D eigenvalue weighted by molar-refractivity contribution is 7.13. The molecule has 0 radical (unpaired) electrons. The topological polar surface area (TPSA) is 56.1 Å². The van der Waals surface area contributed by atoms with Gasteiger partial charge in [-0.3, -0.25) is 4.57 Å². The molecule has 0 bridgehead atoms. The van der Waals surface area contributed by atoms with Crippen LogP contribution in [0.15, 0.2) is 78.3 Å². The van der Waals surface area contributed by atoms with Gasteiger partial charge in [-0.25, -0.2) is 15.0 Å². The minimum absolute atomic E-state index is 0.768. The Labute approximate surface area is 189 Å². The number of benzene rings is 2. The van der Waals surface area contributed by atoms with Crippen molar-refractivity contribution >= 4 is 28.2 Å². The smallest absolute Gasteiger partial charge is 0.176 e. The minimum atomic E-state index is 0.768. The lowest BCUT2D eigenvalue weighted by Gasteiger charge is -2.29. The van der Waals surface area contributed by atoms with Crippen molar-refractivity contribution in [2.75, 3.05) is 31.2 Å². The molecule has 6 rings (SSSR count). The second-order valence-corrected chi connectivity index (χ2v) is 8.53. The fourth-order valence-electron chi connectivity index (χ4n) is 4.10. The van der Waals surface area contributed by atoms with Gasteiger partial charge in [0.1, 0.15) is 5.52 Å². The van der Waals surface area contributed by atoms with E-state index in [1.54, 1.807) is 11.3 Å². The molecule has 0 unspecified atom stereocenters. The molecule has 2 aromatic carbocycles. The van der Waals surface area contributed by atoms with E-state index in [2.05, 4.69) is 63.0 Å². The number of hydrogen-bond acceptors (Lipinski definition) is 6. The molecule has 0 N–H and O–H groups in total. The van der Waals surface area contributed by atoms with Crippen LogP contribution in [0, 0.1) is 0 Å². The molecule has 7 heteroatoms. The first-order valence-corrected chi connectivity index (χ1v) is 11.5. The normalized spacial score (nSPS) is 14.2. The lowest BCUT2D eigenvalue weighted by Crippen LogP contribution is -2.36. The zero-order valence-electron chi connectivity index (χ0n) is 17.4. The van der Waals surface area contributed by atoms with Gasteiger partial charge in [0.05, 0.1) is 18.9 Å². The summed E-state index contributed by atoms with van der Waals surface area (Å²) in [7, 11) is 0. The number of imidazole rings is 1. The average Bonchev–Trinajstić information content (AvgIpc) is 3.53. The van der Waals surface area contributed by atoms with Gasteiger partial charge in [-0.05, 0) is 36.4 Å².